The van der Waals surface area contributed by atoms with Crippen LogP contribution in [0.1, 0.15) is 17.3 Å². The Bertz CT molecular complexity index is 328. The molecule has 5 nitrogen and oxygen atoms in total. The molecule has 0 saturated heterocycles. The standard InChI is InChI=1S/C9H13N3O2/c1-6(4-10)12-9(14)7-2-3-11-5-8(7)13/h2-3,5-6,13H,4,10H2,1H3,(H,12,14). The van der Waals surface area contributed by atoms with Crippen LogP contribution in [0.25, 0.3) is 0 Å². The SMILES string of the molecule is CC(CN)NC(=O)c1ccncc1O. The molecule has 76 valence electrons. The number of aromatic hydroxyl groups is 1. The van der Waals surface area contributed by atoms with Gasteiger partial charge in [0.05, 0.1) is 11.8 Å². The van der Waals surface area contributed by atoms with Crippen molar-refractivity contribution in [1.29, 1.82) is 0 Å². The zero-order valence-electron chi connectivity index (χ0n) is 7.90. The fourth-order valence-electron chi connectivity index (χ4n) is 0.939. The van der Waals surface area contributed by atoms with E-state index in [9.17, 15) is 9.90 Å². The van der Waals surface area contributed by atoms with Crippen LogP contribution in [0.4, 0.5) is 0 Å². The van der Waals surface area contributed by atoms with Crippen LogP contribution in [0, 0.1) is 0 Å². The quantitative estimate of drug-likeness (QED) is 0.626. The molecule has 0 aliphatic heterocycles. The Morgan fingerprint density at radius 1 is 1.79 bits per heavy atom. The molecule has 1 atom stereocenters. The first-order chi connectivity index (χ1) is 6.65. The molecule has 0 aliphatic rings. The number of nitrogens with two attached hydrogens (primary N) is 1. The highest BCUT2D eigenvalue weighted by molar-refractivity contribution is 5.96. The number of amides is 1. The van der Waals surface area contributed by atoms with E-state index >= 15 is 0 Å². The smallest absolute Gasteiger partial charge is 0.255 e. The first kappa shape index (κ1) is 10.5. The van der Waals surface area contributed by atoms with Gasteiger partial charge in [0.15, 0.2) is 0 Å². The molecule has 1 aromatic rings. The fourth-order valence-corrected chi connectivity index (χ4v) is 0.939. The van der Waals surface area contributed by atoms with E-state index in [4.69, 9.17) is 5.73 Å². The Morgan fingerprint density at radius 2 is 2.50 bits per heavy atom. The van der Waals surface area contributed by atoms with Crippen molar-refractivity contribution >= 4 is 5.91 Å². The summed E-state index contributed by atoms with van der Waals surface area (Å²) in [6.07, 6.45) is 2.67. The lowest BCUT2D eigenvalue weighted by molar-refractivity contribution is 0.0938. The summed E-state index contributed by atoms with van der Waals surface area (Å²) in [4.78, 5) is 15.2. The van der Waals surface area contributed by atoms with Gasteiger partial charge in [-0.3, -0.25) is 9.78 Å². The molecule has 0 bridgehead atoms. The minimum atomic E-state index is -0.345. The number of aromatic nitrogens is 1. The maximum absolute atomic E-state index is 11.5. The predicted octanol–water partition coefficient (Wildman–Crippen LogP) is -0.136. The molecular weight excluding hydrogens is 182 g/mol. The summed E-state index contributed by atoms with van der Waals surface area (Å²) in [5, 5.41) is 11.9. The van der Waals surface area contributed by atoms with Crippen LogP contribution >= 0.6 is 0 Å². The van der Waals surface area contributed by atoms with Crippen molar-refractivity contribution in [2.45, 2.75) is 13.0 Å². The molecule has 0 aromatic carbocycles. The lowest BCUT2D eigenvalue weighted by Gasteiger charge is -2.11. The van der Waals surface area contributed by atoms with Crippen molar-refractivity contribution in [1.82, 2.24) is 10.3 Å². The van der Waals surface area contributed by atoms with Gasteiger partial charge in [-0.2, -0.15) is 0 Å². The number of carbonyl (C=O) groups is 1. The van der Waals surface area contributed by atoms with Gasteiger partial charge in [0.2, 0.25) is 0 Å². The molecule has 0 spiro atoms. The van der Waals surface area contributed by atoms with Gasteiger partial charge in [-0.1, -0.05) is 0 Å². The average molecular weight is 195 g/mol. The molecule has 0 fully saturated rings. The third kappa shape index (κ3) is 2.43. The summed E-state index contributed by atoms with van der Waals surface area (Å²) in [6.45, 7) is 2.15. The number of rotatable bonds is 3. The number of nitrogens with zero attached hydrogens (tertiary/aromatic N) is 1. The lowest BCUT2D eigenvalue weighted by Crippen LogP contribution is -2.37. The Labute approximate surface area is 82.0 Å². The fraction of sp³-hybridized carbons (Fsp3) is 0.333. The summed E-state index contributed by atoms with van der Waals surface area (Å²) < 4.78 is 0. The third-order valence-electron chi connectivity index (χ3n) is 1.78. The Hall–Kier alpha value is -1.62. The first-order valence-electron chi connectivity index (χ1n) is 4.29. The van der Waals surface area contributed by atoms with E-state index in [-0.39, 0.29) is 23.3 Å². The summed E-state index contributed by atoms with van der Waals surface area (Å²) in [5.41, 5.74) is 5.56. The largest absolute Gasteiger partial charge is 0.505 e. The van der Waals surface area contributed by atoms with E-state index in [1.165, 1.54) is 18.5 Å². The third-order valence-corrected chi connectivity index (χ3v) is 1.78. The van der Waals surface area contributed by atoms with Crippen molar-refractivity contribution in [3.05, 3.63) is 24.0 Å². The Morgan fingerprint density at radius 3 is 3.07 bits per heavy atom. The van der Waals surface area contributed by atoms with Gasteiger partial charge >= 0.3 is 0 Å². The maximum Gasteiger partial charge on any atom is 0.255 e. The van der Waals surface area contributed by atoms with Crippen molar-refractivity contribution < 1.29 is 9.90 Å². The molecule has 5 heteroatoms. The van der Waals surface area contributed by atoms with Crippen LogP contribution in [0.3, 0.4) is 0 Å². The molecule has 1 heterocycles. The van der Waals surface area contributed by atoms with Crippen LogP contribution in [0.2, 0.25) is 0 Å². The highest BCUT2D eigenvalue weighted by atomic mass is 16.3. The minimum Gasteiger partial charge on any atom is -0.505 e. The van der Waals surface area contributed by atoms with E-state index in [1.807, 2.05) is 0 Å². The minimum absolute atomic E-state index is 0.116. The van der Waals surface area contributed by atoms with Gasteiger partial charge in [-0.05, 0) is 13.0 Å². The van der Waals surface area contributed by atoms with Crippen LogP contribution in [-0.4, -0.2) is 28.6 Å². The average Bonchev–Trinajstić information content (AvgIpc) is 2.18. The zero-order valence-corrected chi connectivity index (χ0v) is 7.90. The first-order valence-corrected chi connectivity index (χ1v) is 4.29. The number of hydrogen-bond acceptors (Lipinski definition) is 4. The van der Waals surface area contributed by atoms with Crippen LogP contribution in [0.15, 0.2) is 18.5 Å². The van der Waals surface area contributed by atoms with Gasteiger partial charge in [0.25, 0.3) is 5.91 Å². The van der Waals surface area contributed by atoms with E-state index in [0.29, 0.717) is 6.54 Å². The Kier molecular flexibility index (Phi) is 3.41. The second kappa shape index (κ2) is 4.57. The predicted molar refractivity (Wildman–Crippen MR) is 51.9 cm³/mol. The molecule has 1 aromatic heterocycles. The summed E-state index contributed by atoms with van der Waals surface area (Å²) in [5.74, 6) is -0.475. The van der Waals surface area contributed by atoms with Crippen molar-refractivity contribution in [3.63, 3.8) is 0 Å². The molecule has 1 rings (SSSR count). The molecule has 0 saturated carbocycles. The maximum atomic E-state index is 11.5. The second-order valence-corrected chi connectivity index (χ2v) is 3.00. The number of pyridine rings is 1. The molecular formula is C9H13N3O2. The molecule has 1 amide bonds. The number of hydrogen-bond donors (Lipinski definition) is 3. The van der Waals surface area contributed by atoms with E-state index in [0.717, 1.165) is 0 Å². The molecule has 0 radical (unpaired) electrons. The number of nitrogens with one attached hydrogen (secondary N) is 1. The monoisotopic (exact) mass is 195 g/mol. The van der Waals surface area contributed by atoms with Gasteiger partial charge in [0, 0.05) is 18.8 Å². The summed E-state index contributed by atoms with van der Waals surface area (Å²) in [6, 6.07) is 1.34. The van der Waals surface area contributed by atoms with Crippen molar-refractivity contribution in [2.24, 2.45) is 5.73 Å². The molecule has 4 N–H and O–H groups in total. The van der Waals surface area contributed by atoms with Crippen LogP contribution < -0.4 is 11.1 Å². The van der Waals surface area contributed by atoms with E-state index in [1.54, 1.807) is 6.92 Å². The van der Waals surface area contributed by atoms with Crippen molar-refractivity contribution in [2.75, 3.05) is 6.54 Å². The number of carbonyl (C=O) groups excluding carboxylic acids is 1. The highest BCUT2D eigenvalue weighted by Crippen LogP contribution is 2.13. The molecule has 0 aliphatic carbocycles. The summed E-state index contributed by atoms with van der Waals surface area (Å²) in [7, 11) is 0. The van der Waals surface area contributed by atoms with E-state index < -0.39 is 0 Å². The van der Waals surface area contributed by atoms with E-state index in [2.05, 4.69) is 10.3 Å². The van der Waals surface area contributed by atoms with Crippen molar-refractivity contribution in [3.8, 4) is 5.75 Å². The van der Waals surface area contributed by atoms with Gasteiger partial charge in [0.1, 0.15) is 5.75 Å². The molecule has 1 unspecified atom stereocenters. The topological polar surface area (TPSA) is 88.2 Å². The lowest BCUT2D eigenvalue weighted by atomic mass is 10.2. The van der Waals surface area contributed by atoms with Gasteiger partial charge in [-0.15, -0.1) is 0 Å². The van der Waals surface area contributed by atoms with Crippen LogP contribution in [0.5, 0.6) is 5.75 Å². The van der Waals surface area contributed by atoms with Gasteiger partial charge < -0.3 is 16.2 Å². The second-order valence-electron chi connectivity index (χ2n) is 3.00. The highest BCUT2D eigenvalue weighted by Gasteiger charge is 2.11. The normalized spacial score (nSPS) is 12.1. The molecule has 14 heavy (non-hydrogen) atoms. The van der Waals surface area contributed by atoms with Gasteiger partial charge in [-0.25, -0.2) is 0 Å². The Balaban J connectivity index is 2.75. The summed E-state index contributed by atoms with van der Waals surface area (Å²) >= 11 is 0. The van der Waals surface area contributed by atoms with Crippen LogP contribution in [-0.2, 0) is 0 Å². The zero-order chi connectivity index (χ0) is 10.6.